The van der Waals surface area contributed by atoms with E-state index in [9.17, 15) is 13.6 Å². The van der Waals surface area contributed by atoms with E-state index in [2.05, 4.69) is 25.6 Å². The van der Waals surface area contributed by atoms with E-state index in [-0.39, 0.29) is 35.9 Å². The summed E-state index contributed by atoms with van der Waals surface area (Å²) in [6.07, 6.45) is 1.22. The number of anilines is 3. The third kappa shape index (κ3) is 8.05. The summed E-state index contributed by atoms with van der Waals surface area (Å²) < 4.78 is 39.2. The van der Waals surface area contributed by atoms with Crippen molar-refractivity contribution in [2.75, 3.05) is 17.2 Å². The summed E-state index contributed by atoms with van der Waals surface area (Å²) in [6.45, 7) is 11.6. The lowest BCUT2D eigenvalue weighted by Crippen LogP contribution is -2.29. The summed E-state index contributed by atoms with van der Waals surface area (Å²) in [4.78, 5) is 23.3. The Hall–Kier alpha value is -2.88. The Bertz CT molecular complexity index is 926. The van der Waals surface area contributed by atoms with Gasteiger partial charge in [0.1, 0.15) is 18.2 Å². The molecular formula is C21H29F2N5O3. The molecule has 2 heterocycles. The van der Waals surface area contributed by atoms with Crippen LogP contribution < -0.4 is 15.4 Å². The average molecular weight is 437 g/mol. The van der Waals surface area contributed by atoms with E-state index in [4.69, 9.17) is 9.47 Å². The number of aryl methyl sites for hydroxylation is 1. The third-order valence-electron chi connectivity index (χ3n) is 3.71. The highest BCUT2D eigenvalue weighted by Gasteiger charge is 2.29. The number of nitrogens with zero attached hydrogens (tertiary/aromatic N) is 3. The largest absolute Gasteiger partial charge is 0.487 e. The number of nitrogens with one attached hydrogen (secondary N) is 2. The average Bonchev–Trinajstić information content (AvgIpc) is 2.57. The summed E-state index contributed by atoms with van der Waals surface area (Å²) >= 11 is 0. The van der Waals surface area contributed by atoms with Crippen LogP contribution in [0.1, 0.15) is 53.1 Å². The molecule has 2 aromatic rings. The first-order valence-corrected chi connectivity index (χ1v) is 9.82. The van der Waals surface area contributed by atoms with Crippen LogP contribution in [-0.2, 0) is 15.5 Å². The minimum absolute atomic E-state index is 0.160. The van der Waals surface area contributed by atoms with Gasteiger partial charge in [0.05, 0.1) is 23.6 Å². The number of ether oxygens (including phenoxy) is 2. The molecule has 0 fully saturated rings. The molecule has 170 valence electrons. The molecule has 0 aliphatic rings. The molecule has 0 spiro atoms. The molecule has 0 saturated carbocycles. The van der Waals surface area contributed by atoms with Crippen LogP contribution in [0.15, 0.2) is 18.3 Å². The van der Waals surface area contributed by atoms with Gasteiger partial charge in [0, 0.05) is 31.7 Å². The number of carbonyl (C=O) groups is 1. The Labute approximate surface area is 180 Å². The molecule has 0 aliphatic heterocycles. The second kappa shape index (κ2) is 9.51. The normalized spacial score (nSPS) is 12.9. The lowest BCUT2D eigenvalue weighted by Gasteiger charge is -2.25. The SMILES string of the molecule is CC(=O)Nc1cc(Nc2cc(C)nc(C(C)(F)F)n2)c(OC[C@@H](C)OC(C)(C)C)cn1. The first-order chi connectivity index (χ1) is 14.2. The Kier molecular flexibility index (Phi) is 7.48. The molecule has 0 aliphatic carbocycles. The number of carbonyl (C=O) groups excluding carboxylic acids is 1. The van der Waals surface area contributed by atoms with Crippen molar-refractivity contribution in [3.05, 3.63) is 29.8 Å². The van der Waals surface area contributed by atoms with Crippen LogP contribution in [-0.4, -0.2) is 39.2 Å². The molecule has 1 atom stereocenters. The number of rotatable bonds is 8. The molecule has 1 amide bonds. The Morgan fingerprint density at radius 1 is 1.16 bits per heavy atom. The van der Waals surface area contributed by atoms with Crippen LogP contribution in [0.3, 0.4) is 0 Å². The molecule has 0 radical (unpaired) electrons. The van der Waals surface area contributed by atoms with E-state index in [1.165, 1.54) is 25.3 Å². The van der Waals surface area contributed by atoms with Crippen molar-refractivity contribution in [1.29, 1.82) is 0 Å². The van der Waals surface area contributed by atoms with E-state index < -0.39 is 11.7 Å². The smallest absolute Gasteiger partial charge is 0.303 e. The number of hydrogen-bond acceptors (Lipinski definition) is 7. The van der Waals surface area contributed by atoms with Crippen LogP contribution in [0.4, 0.5) is 26.1 Å². The van der Waals surface area contributed by atoms with Crippen molar-refractivity contribution >= 4 is 23.2 Å². The van der Waals surface area contributed by atoms with Crippen molar-refractivity contribution in [2.45, 2.75) is 66.1 Å². The predicted molar refractivity (Wildman–Crippen MR) is 114 cm³/mol. The maximum atomic E-state index is 13.7. The number of aromatic nitrogens is 3. The van der Waals surface area contributed by atoms with Crippen molar-refractivity contribution in [1.82, 2.24) is 15.0 Å². The van der Waals surface area contributed by atoms with Gasteiger partial charge in [-0.25, -0.2) is 15.0 Å². The van der Waals surface area contributed by atoms with Gasteiger partial charge in [-0.15, -0.1) is 0 Å². The van der Waals surface area contributed by atoms with E-state index >= 15 is 0 Å². The summed E-state index contributed by atoms with van der Waals surface area (Å²) in [7, 11) is 0. The van der Waals surface area contributed by atoms with Crippen molar-refractivity contribution in [3.8, 4) is 5.75 Å². The topological polar surface area (TPSA) is 98.3 Å². The van der Waals surface area contributed by atoms with Gasteiger partial charge in [-0.3, -0.25) is 4.79 Å². The second-order valence-corrected chi connectivity index (χ2v) is 8.33. The molecule has 10 heteroatoms. The number of alkyl halides is 2. The lowest BCUT2D eigenvalue weighted by molar-refractivity contribution is -0.114. The molecular weight excluding hydrogens is 408 g/mol. The summed E-state index contributed by atoms with van der Waals surface area (Å²) in [5.74, 6) is -3.31. The van der Waals surface area contributed by atoms with E-state index in [1.54, 1.807) is 6.92 Å². The van der Waals surface area contributed by atoms with E-state index in [1.807, 2.05) is 27.7 Å². The second-order valence-electron chi connectivity index (χ2n) is 8.33. The van der Waals surface area contributed by atoms with Crippen molar-refractivity contribution < 1.29 is 23.0 Å². The van der Waals surface area contributed by atoms with Crippen molar-refractivity contribution in [3.63, 3.8) is 0 Å². The van der Waals surface area contributed by atoms with Gasteiger partial charge in [0.25, 0.3) is 0 Å². The fraction of sp³-hybridized carbons (Fsp3) is 0.524. The van der Waals surface area contributed by atoms with Crippen LogP contribution in [0.5, 0.6) is 5.75 Å². The number of hydrogen-bond donors (Lipinski definition) is 2. The molecule has 2 N–H and O–H groups in total. The number of pyridine rings is 1. The summed E-state index contributed by atoms with van der Waals surface area (Å²) in [6, 6.07) is 3.07. The van der Waals surface area contributed by atoms with Crippen molar-refractivity contribution in [2.24, 2.45) is 0 Å². The zero-order valence-electron chi connectivity index (χ0n) is 18.8. The molecule has 31 heavy (non-hydrogen) atoms. The number of amides is 1. The Balaban J connectivity index is 2.32. The van der Waals surface area contributed by atoms with Gasteiger partial charge in [0.15, 0.2) is 5.75 Å². The first-order valence-electron chi connectivity index (χ1n) is 9.82. The highest BCUT2D eigenvalue weighted by atomic mass is 19.3. The standard InChI is InChI=1S/C21H29F2N5O3/c1-12-8-18(28-19(25-12)21(7,22)23)27-15-9-17(26-14(3)29)24-10-16(15)30-11-13(2)31-20(4,5)6/h8-10,13H,11H2,1-7H3,(H2,24,25,26,27,28,29)/t13-/m1/s1. The molecule has 8 nitrogen and oxygen atoms in total. The quantitative estimate of drug-likeness (QED) is 0.624. The van der Waals surface area contributed by atoms with E-state index in [0.717, 1.165) is 6.92 Å². The molecule has 0 unspecified atom stereocenters. The molecule has 2 rings (SSSR count). The minimum Gasteiger partial charge on any atom is -0.487 e. The van der Waals surface area contributed by atoms with Gasteiger partial charge in [-0.2, -0.15) is 8.78 Å². The zero-order chi connectivity index (χ0) is 23.4. The van der Waals surface area contributed by atoms with Crippen LogP contribution in [0.25, 0.3) is 0 Å². The molecule has 0 aromatic carbocycles. The van der Waals surface area contributed by atoms with Gasteiger partial charge < -0.3 is 20.1 Å². The Morgan fingerprint density at radius 3 is 2.42 bits per heavy atom. The van der Waals surface area contributed by atoms with Crippen LogP contribution >= 0.6 is 0 Å². The maximum Gasteiger partial charge on any atom is 0.303 e. The number of halogens is 2. The lowest BCUT2D eigenvalue weighted by atomic mass is 10.2. The molecule has 0 bridgehead atoms. The van der Waals surface area contributed by atoms with E-state index in [0.29, 0.717) is 17.1 Å². The minimum atomic E-state index is -3.19. The zero-order valence-corrected chi connectivity index (χ0v) is 18.8. The van der Waals surface area contributed by atoms with Gasteiger partial charge in [0.2, 0.25) is 11.7 Å². The molecule has 0 saturated heterocycles. The summed E-state index contributed by atoms with van der Waals surface area (Å²) in [5, 5.41) is 5.55. The highest BCUT2D eigenvalue weighted by Crippen LogP contribution is 2.31. The Morgan fingerprint density at radius 2 is 1.84 bits per heavy atom. The maximum absolute atomic E-state index is 13.7. The predicted octanol–water partition coefficient (Wildman–Crippen LogP) is 4.58. The monoisotopic (exact) mass is 437 g/mol. The molecule has 2 aromatic heterocycles. The fourth-order valence-electron chi connectivity index (χ4n) is 2.72. The first kappa shape index (κ1) is 24.4. The van der Waals surface area contributed by atoms with Gasteiger partial charge in [-0.05, 0) is 34.6 Å². The fourth-order valence-corrected chi connectivity index (χ4v) is 2.72. The van der Waals surface area contributed by atoms with Gasteiger partial charge in [-0.1, -0.05) is 0 Å². The van der Waals surface area contributed by atoms with Gasteiger partial charge >= 0.3 is 5.92 Å². The third-order valence-corrected chi connectivity index (χ3v) is 3.71. The van der Waals surface area contributed by atoms with Crippen LogP contribution in [0, 0.1) is 6.92 Å². The van der Waals surface area contributed by atoms with Crippen LogP contribution in [0.2, 0.25) is 0 Å². The summed E-state index contributed by atoms with van der Waals surface area (Å²) in [5.41, 5.74) is 0.433. The highest BCUT2D eigenvalue weighted by molar-refractivity contribution is 5.88.